The Morgan fingerprint density at radius 3 is 0.864 bits per heavy atom. The van der Waals surface area contributed by atoms with Crippen LogP contribution in [0.4, 0.5) is 47.3 Å². The van der Waals surface area contributed by atoms with E-state index < -0.39 is 24.3 Å². The van der Waals surface area contributed by atoms with Gasteiger partial charge in [-0.15, -0.1) is 0 Å². The average Bonchev–Trinajstić information content (AvgIpc) is 3.29. The van der Waals surface area contributed by atoms with E-state index in [9.17, 15) is 45.5 Å². The summed E-state index contributed by atoms with van der Waals surface area (Å²) in [6.07, 6.45) is -10.4. The van der Waals surface area contributed by atoms with Crippen LogP contribution in [-0.4, -0.2) is 48.2 Å². The van der Waals surface area contributed by atoms with Gasteiger partial charge in [0.25, 0.3) is 11.8 Å². The van der Waals surface area contributed by atoms with Gasteiger partial charge in [0.15, 0.2) is 0 Å². The quantitative estimate of drug-likeness (QED) is 0.0764. The minimum absolute atomic E-state index is 0.275. The van der Waals surface area contributed by atoms with Crippen molar-refractivity contribution in [3.05, 3.63) is 166 Å². The molecule has 16 nitrogen and oxygen atoms in total. The van der Waals surface area contributed by atoms with Crippen molar-refractivity contribution in [2.45, 2.75) is 51.6 Å². The van der Waals surface area contributed by atoms with Crippen LogP contribution in [0.5, 0.6) is 0 Å². The summed E-state index contributed by atoms with van der Waals surface area (Å²) < 4.78 is 63.1. The largest absolute Gasteiger partial charge is 0.542 e. The number of urea groups is 2. The van der Waals surface area contributed by atoms with Gasteiger partial charge in [0.1, 0.15) is 11.9 Å². The fraction of sp³-hybridized carbons (Fsp3) is 0.182. The van der Waals surface area contributed by atoms with Gasteiger partial charge in [0.2, 0.25) is 0 Å². The number of halogens is 6. The highest BCUT2D eigenvalue weighted by Gasteiger charge is 2.29. The van der Waals surface area contributed by atoms with Crippen LogP contribution in [-0.2, 0) is 48.9 Å². The van der Waals surface area contributed by atoms with E-state index in [1.807, 2.05) is 72.8 Å². The molecule has 350 valence electrons. The zero-order chi connectivity index (χ0) is 48.9. The average molecular weight is 927 g/mol. The fourth-order valence-electron chi connectivity index (χ4n) is 5.12. The first kappa shape index (κ1) is 52.4. The number of carbonyl (C=O) groups excluding carboxylic acids is 6. The molecule has 0 saturated carbocycles. The standard InChI is InChI=1S/C40H42N8O4.2C2HF3O2/c41-21-27-1-5-29(6-2-27)25-45-39(51)47-35-17-9-31(10-18-35)23-43-37(49)33-13-15-34(16-14-33)38(50)44-24-32-11-19-36(20-12-32)48-40(52)46-26-30-7-3-28(22-42)4-8-30;2*3-2(4,5)1(6)7/h1-20H,21-26,41-42H2,(H,43,49)(H,44,50)(H2,45,47,51)(H2,46,48,52);2*(H,6,7). The van der Waals surface area contributed by atoms with Crippen LogP contribution in [0.1, 0.15) is 54.1 Å². The van der Waals surface area contributed by atoms with Gasteiger partial charge >= 0.3 is 24.4 Å². The Morgan fingerprint density at radius 2 is 0.621 bits per heavy atom. The van der Waals surface area contributed by atoms with Gasteiger partial charge in [-0.25, -0.2) is 9.59 Å². The molecule has 0 bridgehead atoms. The van der Waals surface area contributed by atoms with E-state index in [2.05, 4.69) is 43.4 Å². The topological polar surface area (TPSA) is 276 Å². The second-order valence-electron chi connectivity index (χ2n) is 13.7. The van der Waals surface area contributed by atoms with Crippen LogP contribution in [0.3, 0.4) is 0 Å². The maximum absolute atomic E-state index is 12.8. The molecule has 66 heavy (non-hydrogen) atoms. The summed E-state index contributed by atoms with van der Waals surface area (Å²) in [4.78, 5) is 67.7. The first-order chi connectivity index (χ1) is 31.2. The number of anilines is 2. The van der Waals surface area contributed by atoms with Gasteiger partial charge in [0.05, 0.1) is 13.1 Å². The van der Waals surface area contributed by atoms with Crippen molar-refractivity contribution < 1.29 is 76.8 Å². The number of carboxylic acids is 2. The summed E-state index contributed by atoms with van der Waals surface area (Å²) in [5.41, 5.74) is 15.8. The molecular weight excluding hydrogens is 883 g/mol. The lowest BCUT2D eigenvalue weighted by Gasteiger charge is -2.10. The molecule has 6 amide bonds. The summed E-state index contributed by atoms with van der Waals surface area (Å²) in [7, 11) is 0. The minimum atomic E-state index is -5.19. The Balaban J connectivity index is 0.000000715. The molecule has 0 radical (unpaired) electrons. The van der Waals surface area contributed by atoms with Gasteiger partial charge in [-0.3, -0.25) is 9.59 Å². The Labute approximate surface area is 372 Å². The van der Waals surface area contributed by atoms with Crippen LogP contribution in [0, 0.1) is 0 Å². The number of amides is 6. The van der Waals surface area contributed by atoms with Crippen molar-refractivity contribution >= 4 is 47.2 Å². The van der Waals surface area contributed by atoms with Gasteiger partial charge in [-0.2, -0.15) is 26.3 Å². The lowest BCUT2D eigenvalue weighted by atomic mass is 10.1. The SMILES string of the molecule is O=C([O-])C(F)(F)F.O=C([O-])C(F)(F)F.[NH3+]Cc1ccc(CNC(=O)Nc2ccc(CNC(=O)c3ccc(C(=O)NCc4ccc(NC(=O)NCc5ccc(C[NH3+])cc5)cc4)cc3)cc2)cc1. The molecule has 0 saturated heterocycles. The van der Waals surface area contributed by atoms with Crippen molar-refractivity contribution in [2.75, 3.05) is 10.6 Å². The highest BCUT2D eigenvalue weighted by atomic mass is 19.4. The summed E-state index contributed by atoms with van der Waals surface area (Å²) in [5, 5.41) is 34.6. The molecule has 0 unspecified atom stereocenters. The van der Waals surface area contributed by atoms with E-state index in [1.54, 1.807) is 48.5 Å². The van der Waals surface area contributed by atoms with Crippen molar-refractivity contribution in [3.63, 3.8) is 0 Å². The monoisotopic (exact) mass is 926 g/mol. The van der Waals surface area contributed by atoms with E-state index in [1.165, 1.54) is 0 Å². The molecule has 0 atom stereocenters. The highest BCUT2D eigenvalue weighted by molar-refractivity contribution is 5.98. The maximum Gasteiger partial charge on any atom is 0.430 e. The van der Waals surface area contributed by atoms with Crippen LogP contribution in [0.2, 0.25) is 0 Å². The molecule has 0 aliphatic rings. The lowest BCUT2D eigenvalue weighted by Crippen LogP contribution is -2.47. The van der Waals surface area contributed by atoms with Gasteiger partial charge in [0, 0.05) is 59.8 Å². The number of rotatable bonds is 14. The third kappa shape index (κ3) is 19.2. The summed E-state index contributed by atoms with van der Waals surface area (Å²) in [6.45, 7) is 2.84. The van der Waals surface area contributed by atoms with Crippen molar-refractivity contribution in [1.29, 1.82) is 0 Å². The van der Waals surface area contributed by atoms with Crippen LogP contribution in [0.25, 0.3) is 0 Å². The molecule has 0 aromatic heterocycles. The molecule has 5 rings (SSSR count). The van der Waals surface area contributed by atoms with E-state index in [4.69, 9.17) is 19.8 Å². The van der Waals surface area contributed by atoms with Gasteiger partial charge in [-0.05, 0) is 70.8 Å². The molecule has 5 aromatic carbocycles. The number of hydrogen-bond acceptors (Lipinski definition) is 8. The molecule has 0 fully saturated rings. The summed E-state index contributed by atoms with van der Waals surface area (Å²) in [6, 6.07) is 36.1. The molecule has 22 heteroatoms. The molecule has 5 aromatic rings. The zero-order valence-electron chi connectivity index (χ0n) is 34.7. The first-order valence-corrected chi connectivity index (χ1v) is 19.4. The molecule has 0 spiro atoms. The number of benzene rings is 5. The van der Waals surface area contributed by atoms with Crippen LogP contribution in [0.15, 0.2) is 121 Å². The molecular formula is C44H44F6N8O8. The normalized spacial score (nSPS) is 10.7. The third-order valence-electron chi connectivity index (χ3n) is 8.73. The number of alkyl halides is 6. The van der Waals surface area contributed by atoms with Crippen LogP contribution >= 0.6 is 0 Å². The van der Waals surface area contributed by atoms with Crippen LogP contribution < -0.4 is 53.6 Å². The lowest BCUT2D eigenvalue weighted by molar-refractivity contribution is -0.386. The number of hydrogen-bond donors (Lipinski definition) is 8. The number of nitrogens with one attached hydrogen (secondary N) is 6. The summed E-state index contributed by atoms with van der Waals surface area (Å²) in [5.74, 6) is -6.56. The zero-order valence-corrected chi connectivity index (χ0v) is 34.7. The Bertz CT molecular complexity index is 2210. The van der Waals surface area contributed by atoms with Crippen molar-refractivity contribution in [2.24, 2.45) is 0 Å². The number of carboxylic acid groups (broad SMARTS) is 2. The molecule has 12 N–H and O–H groups in total. The second kappa shape index (κ2) is 25.3. The van der Waals surface area contributed by atoms with Gasteiger partial charge < -0.3 is 63.2 Å². The second-order valence-corrected chi connectivity index (χ2v) is 13.7. The third-order valence-corrected chi connectivity index (χ3v) is 8.73. The van der Waals surface area contributed by atoms with E-state index in [-0.39, 0.29) is 23.9 Å². The number of aliphatic carboxylic acids is 2. The summed E-state index contributed by atoms with van der Waals surface area (Å²) >= 11 is 0. The fourth-order valence-corrected chi connectivity index (χ4v) is 5.12. The first-order valence-electron chi connectivity index (χ1n) is 19.4. The molecule has 0 heterocycles. The van der Waals surface area contributed by atoms with Crippen molar-refractivity contribution in [1.82, 2.24) is 21.3 Å². The predicted molar refractivity (Wildman–Crippen MR) is 222 cm³/mol. The van der Waals surface area contributed by atoms with Gasteiger partial charge in [-0.1, -0.05) is 72.8 Å². The Hall–Kier alpha value is -7.98. The maximum atomic E-state index is 12.8. The van der Waals surface area contributed by atoms with E-state index in [0.29, 0.717) is 48.7 Å². The van der Waals surface area contributed by atoms with Crippen molar-refractivity contribution in [3.8, 4) is 0 Å². The minimum Gasteiger partial charge on any atom is -0.542 e. The Kier molecular flexibility index (Phi) is 20.1. The van der Waals surface area contributed by atoms with E-state index >= 15 is 0 Å². The molecule has 0 aliphatic carbocycles. The predicted octanol–water partition coefficient (Wildman–Crippen LogP) is 2.27. The molecule has 0 aliphatic heterocycles. The van der Waals surface area contributed by atoms with E-state index in [0.717, 1.165) is 46.5 Å². The Morgan fingerprint density at radius 1 is 0.394 bits per heavy atom. The number of quaternary nitrogens is 2. The number of carbonyl (C=O) groups is 6. The highest BCUT2D eigenvalue weighted by Crippen LogP contribution is 2.14. The smallest absolute Gasteiger partial charge is 0.430 e.